The van der Waals surface area contributed by atoms with Crippen molar-refractivity contribution in [1.82, 2.24) is 19.4 Å². The number of rotatable bonds is 7. The SMILES string of the molecule is CCN(CC)C(=O)CSc1nc2ccsc2c(=O)n1Cc1ccccn1. The highest BCUT2D eigenvalue weighted by Crippen LogP contribution is 2.21. The van der Waals surface area contributed by atoms with Crippen LogP contribution in [0, 0.1) is 0 Å². The number of thiophene rings is 1. The molecule has 1 amide bonds. The third kappa shape index (κ3) is 3.96. The van der Waals surface area contributed by atoms with Gasteiger partial charge in [0.05, 0.1) is 23.5 Å². The fourth-order valence-electron chi connectivity index (χ4n) is 2.62. The van der Waals surface area contributed by atoms with Gasteiger partial charge in [-0.1, -0.05) is 17.8 Å². The second kappa shape index (κ2) is 8.46. The molecule has 6 nitrogen and oxygen atoms in total. The van der Waals surface area contributed by atoms with Gasteiger partial charge in [0, 0.05) is 19.3 Å². The molecule has 0 unspecified atom stereocenters. The molecule has 26 heavy (non-hydrogen) atoms. The molecule has 0 radical (unpaired) electrons. The molecule has 0 saturated carbocycles. The second-order valence-corrected chi connectivity index (χ2v) is 7.46. The van der Waals surface area contributed by atoms with Crippen molar-refractivity contribution in [3.63, 3.8) is 0 Å². The van der Waals surface area contributed by atoms with E-state index in [9.17, 15) is 9.59 Å². The quantitative estimate of drug-likeness (QED) is 0.460. The van der Waals surface area contributed by atoms with E-state index in [1.807, 2.05) is 43.5 Å². The molecule has 8 heteroatoms. The maximum atomic E-state index is 12.9. The minimum Gasteiger partial charge on any atom is -0.343 e. The van der Waals surface area contributed by atoms with Crippen LogP contribution in [0.2, 0.25) is 0 Å². The summed E-state index contributed by atoms with van der Waals surface area (Å²) in [5.74, 6) is 0.301. The van der Waals surface area contributed by atoms with E-state index in [4.69, 9.17) is 0 Å². The first kappa shape index (κ1) is 18.6. The Morgan fingerprint density at radius 3 is 2.77 bits per heavy atom. The maximum absolute atomic E-state index is 12.9. The van der Waals surface area contributed by atoms with Crippen LogP contribution >= 0.6 is 23.1 Å². The van der Waals surface area contributed by atoms with E-state index in [1.165, 1.54) is 23.1 Å². The number of hydrogen-bond acceptors (Lipinski definition) is 6. The number of carbonyl (C=O) groups is 1. The number of carbonyl (C=O) groups excluding carboxylic acids is 1. The minimum absolute atomic E-state index is 0.0454. The lowest BCUT2D eigenvalue weighted by Crippen LogP contribution is -2.32. The standard InChI is InChI=1S/C18H20N4O2S2/c1-3-21(4-2)15(23)12-26-18-20-14-8-10-25-16(14)17(24)22(18)11-13-7-5-6-9-19-13/h5-10H,3-4,11-12H2,1-2H3. The maximum Gasteiger partial charge on any atom is 0.272 e. The molecule has 0 fully saturated rings. The summed E-state index contributed by atoms with van der Waals surface area (Å²) in [5.41, 5.74) is 1.37. The zero-order chi connectivity index (χ0) is 18.5. The summed E-state index contributed by atoms with van der Waals surface area (Å²) < 4.78 is 2.24. The van der Waals surface area contributed by atoms with Gasteiger partial charge >= 0.3 is 0 Å². The first-order chi connectivity index (χ1) is 12.6. The number of hydrogen-bond donors (Lipinski definition) is 0. The van der Waals surface area contributed by atoms with Crippen molar-refractivity contribution in [2.45, 2.75) is 25.5 Å². The van der Waals surface area contributed by atoms with Crippen molar-refractivity contribution in [3.05, 3.63) is 51.9 Å². The van der Waals surface area contributed by atoms with Crippen LogP contribution in [0.1, 0.15) is 19.5 Å². The van der Waals surface area contributed by atoms with Gasteiger partial charge in [-0.25, -0.2) is 4.98 Å². The predicted molar refractivity (Wildman–Crippen MR) is 106 cm³/mol. The van der Waals surface area contributed by atoms with Crippen LogP contribution in [-0.4, -0.2) is 44.2 Å². The van der Waals surface area contributed by atoms with Crippen molar-refractivity contribution < 1.29 is 4.79 Å². The van der Waals surface area contributed by atoms with Crippen molar-refractivity contribution in [3.8, 4) is 0 Å². The van der Waals surface area contributed by atoms with Crippen LogP contribution in [0.3, 0.4) is 0 Å². The number of fused-ring (bicyclic) bond motifs is 1. The lowest BCUT2D eigenvalue weighted by Gasteiger charge is -2.18. The molecule has 136 valence electrons. The zero-order valence-electron chi connectivity index (χ0n) is 14.7. The highest BCUT2D eigenvalue weighted by molar-refractivity contribution is 7.99. The van der Waals surface area contributed by atoms with Crippen LogP contribution < -0.4 is 5.56 Å². The summed E-state index contributed by atoms with van der Waals surface area (Å²) in [6.07, 6.45) is 1.70. The Balaban J connectivity index is 1.93. The number of pyridine rings is 1. The fourth-order valence-corrected chi connectivity index (χ4v) is 4.30. The van der Waals surface area contributed by atoms with E-state index < -0.39 is 0 Å². The number of thioether (sulfide) groups is 1. The van der Waals surface area contributed by atoms with Crippen LogP contribution in [0.5, 0.6) is 0 Å². The molecule has 0 bridgehead atoms. The molecule has 0 aliphatic carbocycles. The molecular weight excluding hydrogens is 368 g/mol. The van der Waals surface area contributed by atoms with E-state index in [-0.39, 0.29) is 17.2 Å². The summed E-state index contributed by atoms with van der Waals surface area (Å²) in [4.78, 5) is 35.9. The Morgan fingerprint density at radius 1 is 1.27 bits per heavy atom. The van der Waals surface area contributed by atoms with E-state index in [1.54, 1.807) is 15.7 Å². The van der Waals surface area contributed by atoms with Crippen LogP contribution in [0.25, 0.3) is 10.2 Å². The van der Waals surface area contributed by atoms with E-state index in [0.717, 1.165) is 5.69 Å². The molecule has 0 N–H and O–H groups in total. The summed E-state index contributed by atoms with van der Waals surface area (Å²) in [5, 5.41) is 2.41. The van der Waals surface area contributed by atoms with Crippen LogP contribution in [0.4, 0.5) is 0 Å². The van der Waals surface area contributed by atoms with Gasteiger partial charge in [0.25, 0.3) is 5.56 Å². The molecule has 0 aliphatic rings. The van der Waals surface area contributed by atoms with E-state index in [0.29, 0.717) is 35.0 Å². The van der Waals surface area contributed by atoms with Gasteiger partial charge in [0.15, 0.2) is 5.16 Å². The number of aromatic nitrogens is 3. The molecule has 0 aliphatic heterocycles. The Hall–Kier alpha value is -2.19. The summed E-state index contributed by atoms with van der Waals surface area (Å²) in [6, 6.07) is 7.44. The lowest BCUT2D eigenvalue weighted by molar-refractivity contribution is -0.127. The van der Waals surface area contributed by atoms with Crippen molar-refractivity contribution in [1.29, 1.82) is 0 Å². The van der Waals surface area contributed by atoms with Gasteiger partial charge in [0.1, 0.15) is 4.70 Å². The fraction of sp³-hybridized carbons (Fsp3) is 0.333. The predicted octanol–water partition coefficient (Wildman–Crippen LogP) is 2.86. The van der Waals surface area contributed by atoms with Gasteiger partial charge in [-0.3, -0.25) is 19.1 Å². The third-order valence-corrected chi connectivity index (χ3v) is 5.87. The van der Waals surface area contributed by atoms with Gasteiger partial charge in [-0.15, -0.1) is 11.3 Å². The second-order valence-electron chi connectivity index (χ2n) is 5.60. The van der Waals surface area contributed by atoms with E-state index in [2.05, 4.69) is 9.97 Å². The molecule has 0 atom stereocenters. The largest absolute Gasteiger partial charge is 0.343 e. The highest BCUT2D eigenvalue weighted by atomic mass is 32.2. The highest BCUT2D eigenvalue weighted by Gasteiger charge is 2.16. The van der Waals surface area contributed by atoms with Crippen molar-refractivity contribution >= 4 is 39.2 Å². The summed E-state index contributed by atoms with van der Waals surface area (Å²) >= 11 is 2.69. The smallest absolute Gasteiger partial charge is 0.272 e. The molecule has 0 spiro atoms. The molecule has 3 heterocycles. The molecule has 3 aromatic heterocycles. The Kier molecular flexibility index (Phi) is 6.05. The van der Waals surface area contributed by atoms with Gasteiger partial charge in [-0.05, 0) is 37.4 Å². The first-order valence-electron chi connectivity index (χ1n) is 8.42. The Bertz CT molecular complexity index is 949. The van der Waals surface area contributed by atoms with Crippen molar-refractivity contribution in [2.75, 3.05) is 18.8 Å². The average Bonchev–Trinajstić information content (AvgIpc) is 3.13. The molecule has 3 rings (SSSR count). The lowest BCUT2D eigenvalue weighted by atomic mass is 10.3. The molecule has 0 saturated heterocycles. The zero-order valence-corrected chi connectivity index (χ0v) is 16.3. The minimum atomic E-state index is -0.0894. The summed E-state index contributed by atoms with van der Waals surface area (Å²) in [7, 11) is 0. The Morgan fingerprint density at radius 2 is 2.08 bits per heavy atom. The van der Waals surface area contributed by atoms with Gasteiger partial charge < -0.3 is 4.90 Å². The van der Waals surface area contributed by atoms with Crippen LogP contribution in [-0.2, 0) is 11.3 Å². The summed E-state index contributed by atoms with van der Waals surface area (Å²) in [6.45, 7) is 5.60. The van der Waals surface area contributed by atoms with Gasteiger partial charge in [-0.2, -0.15) is 0 Å². The Labute approximate surface area is 159 Å². The van der Waals surface area contributed by atoms with Crippen LogP contribution in [0.15, 0.2) is 45.8 Å². The normalized spacial score (nSPS) is 11.0. The number of nitrogens with zero attached hydrogens (tertiary/aromatic N) is 4. The molecule has 0 aromatic carbocycles. The monoisotopic (exact) mass is 388 g/mol. The number of amides is 1. The van der Waals surface area contributed by atoms with Gasteiger partial charge in [0.2, 0.25) is 5.91 Å². The first-order valence-corrected chi connectivity index (χ1v) is 10.3. The average molecular weight is 389 g/mol. The third-order valence-electron chi connectivity index (χ3n) is 4.02. The molecule has 3 aromatic rings. The van der Waals surface area contributed by atoms with Crippen molar-refractivity contribution in [2.24, 2.45) is 0 Å². The van der Waals surface area contributed by atoms with E-state index >= 15 is 0 Å². The molecular formula is C18H20N4O2S2. The topological polar surface area (TPSA) is 68.1 Å².